The maximum Gasteiger partial charge on any atom is 0.206 e. The van der Waals surface area contributed by atoms with E-state index in [2.05, 4.69) is 0 Å². The van der Waals surface area contributed by atoms with Crippen LogP contribution in [0.3, 0.4) is 0 Å². The average molecular weight is 278 g/mol. The number of carbonyl (C=O) groups is 1. The number of ketones is 1. The minimum Gasteiger partial charge on any atom is -0.496 e. The van der Waals surface area contributed by atoms with Gasteiger partial charge in [0.25, 0.3) is 0 Å². The Hall–Kier alpha value is -2.43. The molecule has 0 radical (unpaired) electrons. The summed E-state index contributed by atoms with van der Waals surface area (Å²) >= 11 is 0. The second-order valence-corrected chi connectivity index (χ2v) is 3.96. The highest BCUT2D eigenvalue weighted by atomic mass is 19.1. The second-order valence-electron chi connectivity index (χ2n) is 3.96. The second kappa shape index (κ2) is 5.69. The van der Waals surface area contributed by atoms with E-state index in [1.807, 2.05) is 0 Å². The van der Waals surface area contributed by atoms with Crippen LogP contribution in [0.5, 0.6) is 11.5 Å². The number of hydrogen-bond donors (Lipinski definition) is 0. The number of rotatable bonds is 4. The van der Waals surface area contributed by atoms with Crippen LogP contribution in [0.25, 0.3) is 0 Å². The Bertz CT molecular complexity index is 598. The fraction of sp³-hybridized carbons (Fsp3) is 0.133. The minimum absolute atomic E-state index is 0.0420. The van der Waals surface area contributed by atoms with Gasteiger partial charge in [-0.25, -0.2) is 8.78 Å². The zero-order chi connectivity index (χ0) is 14.7. The van der Waals surface area contributed by atoms with Crippen LogP contribution in [0.2, 0.25) is 0 Å². The lowest BCUT2D eigenvalue weighted by atomic mass is 10.0. The first-order chi connectivity index (χ1) is 9.60. The highest BCUT2D eigenvalue weighted by molar-refractivity contribution is 6.12. The molecule has 104 valence electrons. The van der Waals surface area contributed by atoms with E-state index in [1.165, 1.54) is 38.5 Å². The van der Waals surface area contributed by atoms with Crippen LogP contribution in [0, 0.1) is 11.6 Å². The summed E-state index contributed by atoms with van der Waals surface area (Å²) in [5.41, 5.74) is -0.642. The first-order valence-corrected chi connectivity index (χ1v) is 5.79. The fourth-order valence-corrected chi connectivity index (χ4v) is 1.91. The summed E-state index contributed by atoms with van der Waals surface area (Å²) in [7, 11) is 2.62. The van der Waals surface area contributed by atoms with Gasteiger partial charge in [-0.3, -0.25) is 4.79 Å². The molecule has 0 unspecified atom stereocenters. The van der Waals surface area contributed by atoms with Crippen LogP contribution in [-0.2, 0) is 0 Å². The average Bonchev–Trinajstić information content (AvgIpc) is 2.45. The van der Waals surface area contributed by atoms with Gasteiger partial charge >= 0.3 is 0 Å². The van der Waals surface area contributed by atoms with E-state index in [1.54, 1.807) is 0 Å². The van der Waals surface area contributed by atoms with Crippen LogP contribution in [-0.4, -0.2) is 20.0 Å². The third-order valence-corrected chi connectivity index (χ3v) is 2.84. The van der Waals surface area contributed by atoms with Crippen molar-refractivity contribution < 1.29 is 23.0 Å². The van der Waals surface area contributed by atoms with E-state index < -0.39 is 17.4 Å². The lowest BCUT2D eigenvalue weighted by molar-refractivity contribution is 0.102. The topological polar surface area (TPSA) is 35.5 Å². The van der Waals surface area contributed by atoms with Gasteiger partial charge in [-0.2, -0.15) is 0 Å². The maximum atomic E-state index is 13.9. The first kappa shape index (κ1) is 14.0. The molecule has 3 nitrogen and oxygen atoms in total. The Morgan fingerprint density at radius 3 is 1.60 bits per heavy atom. The van der Waals surface area contributed by atoms with Gasteiger partial charge < -0.3 is 9.47 Å². The van der Waals surface area contributed by atoms with Gasteiger partial charge in [-0.1, -0.05) is 12.1 Å². The summed E-state index contributed by atoms with van der Waals surface area (Å²) in [6, 6.07) is 7.91. The van der Waals surface area contributed by atoms with E-state index in [-0.39, 0.29) is 22.6 Å². The van der Waals surface area contributed by atoms with Crippen LogP contribution < -0.4 is 9.47 Å². The molecule has 0 aromatic heterocycles. The third kappa shape index (κ3) is 2.34. The van der Waals surface area contributed by atoms with Crippen molar-refractivity contribution in [3.63, 3.8) is 0 Å². The Morgan fingerprint density at radius 1 is 0.850 bits per heavy atom. The zero-order valence-electron chi connectivity index (χ0n) is 10.9. The number of carbonyl (C=O) groups excluding carboxylic acids is 1. The van der Waals surface area contributed by atoms with Gasteiger partial charge in [0.05, 0.1) is 14.2 Å². The van der Waals surface area contributed by atoms with Crippen LogP contribution >= 0.6 is 0 Å². The molecule has 0 amide bonds. The lowest BCUT2D eigenvalue weighted by Crippen LogP contribution is -2.10. The Labute approximate surface area is 114 Å². The predicted octanol–water partition coefficient (Wildman–Crippen LogP) is 3.21. The SMILES string of the molecule is COc1cccc(F)c1C(=O)c1c(F)cccc1OC. The molecule has 0 aliphatic rings. The van der Waals surface area contributed by atoms with Crippen molar-refractivity contribution in [2.24, 2.45) is 0 Å². The Morgan fingerprint density at radius 2 is 1.25 bits per heavy atom. The summed E-state index contributed by atoms with van der Waals surface area (Å²) < 4.78 is 37.7. The number of methoxy groups -OCH3 is 2. The van der Waals surface area contributed by atoms with Gasteiger partial charge in [-0.05, 0) is 24.3 Å². The van der Waals surface area contributed by atoms with Gasteiger partial charge in [0.15, 0.2) is 0 Å². The van der Waals surface area contributed by atoms with Crippen molar-refractivity contribution in [3.05, 3.63) is 59.2 Å². The highest BCUT2D eigenvalue weighted by Crippen LogP contribution is 2.29. The van der Waals surface area contributed by atoms with Crippen LogP contribution in [0.4, 0.5) is 8.78 Å². The fourth-order valence-electron chi connectivity index (χ4n) is 1.91. The van der Waals surface area contributed by atoms with Gasteiger partial charge in [0, 0.05) is 0 Å². The largest absolute Gasteiger partial charge is 0.496 e. The molecule has 0 spiro atoms. The molecule has 0 aliphatic heterocycles. The molecule has 0 saturated carbocycles. The summed E-state index contributed by atoms with van der Waals surface area (Å²) in [4.78, 5) is 12.4. The van der Waals surface area contributed by atoms with E-state index in [0.29, 0.717) is 0 Å². The molecule has 0 bridgehead atoms. The summed E-state index contributed by atoms with van der Waals surface area (Å²) in [6.45, 7) is 0. The molecular weight excluding hydrogens is 266 g/mol. The molecule has 0 saturated heterocycles. The van der Waals surface area contributed by atoms with Crippen molar-refractivity contribution >= 4 is 5.78 Å². The van der Waals surface area contributed by atoms with Crippen molar-refractivity contribution in [2.75, 3.05) is 14.2 Å². The van der Waals surface area contributed by atoms with E-state index in [4.69, 9.17) is 9.47 Å². The molecule has 5 heteroatoms. The summed E-state index contributed by atoms with van der Waals surface area (Å²) in [5.74, 6) is -2.30. The van der Waals surface area contributed by atoms with Gasteiger partial charge in [0.2, 0.25) is 5.78 Å². The van der Waals surface area contributed by atoms with Gasteiger partial charge in [-0.15, -0.1) is 0 Å². The van der Waals surface area contributed by atoms with Crippen LogP contribution in [0.15, 0.2) is 36.4 Å². The molecule has 0 aliphatic carbocycles. The maximum absolute atomic E-state index is 13.9. The molecule has 2 aromatic rings. The minimum atomic E-state index is -0.824. The normalized spacial score (nSPS) is 10.2. The molecule has 0 atom stereocenters. The Kier molecular flexibility index (Phi) is 3.98. The van der Waals surface area contributed by atoms with Crippen molar-refractivity contribution in [3.8, 4) is 11.5 Å². The monoisotopic (exact) mass is 278 g/mol. The molecule has 0 fully saturated rings. The number of ether oxygens (including phenoxy) is 2. The molecular formula is C15H12F2O3. The first-order valence-electron chi connectivity index (χ1n) is 5.79. The van der Waals surface area contributed by atoms with E-state index in [9.17, 15) is 13.6 Å². The zero-order valence-corrected chi connectivity index (χ0v) is 10.9. The number of halogens is 2. The lowest BCUT2D eigenvalue weighted by Gasteiger charge is -2.11. The molecule has 2 rings (SSSR count). The standard InChI is InChI=1S/C15H12F2O3/c1-19-11-7-3-5-9(16)13(11)15(18)14-10(17)6-4-8-12(14)20-2/h3-8H,1-2H3. The molecule has 2 aromatic carbocycles. The summed E-state index contributed by atoms with van der Waals surface area (Å²) in [6.07, 6.45) is 0. The van der Waals surface area contributed by atoms with Crippen molar-refractivity contribution in [1.82, 2.24) is 0 Å². The van der Waals surface area contributed by atoms with Crippen molar-refractivity contribution in [2.45, 2.75) is 0 Å². The molecule has 0 heterocycles. The smallest absolute Gasteiger partial charge is 0.206 e. The molecule has 20 heavy (non-hydrogen) atoms. The quantitative estimate of drug-likeness (QED) is 0.806. The van der Waals surface area contributed by atoms with E-state index in [0.717, 1.165) is 12.1 Å². The van der Waals surface area contributed by atoms with Gasteiger partial charge in [0.1, 0.15) is 34.3 Å². The molecule has 0 N–H and O–H groups in total. The number of hydrogen-bond acceptors (Lipinski definition) is 3. The third-order valence-electron chi connectivity index (χ3n) is 2.84. The number of benzene rings is 2. The Balaban J connectivity index is 2.64. The highest BCUT2D eigenvalue weighted by Gasteiger charge is 2.25. The summed E-state index contributed by atoms with van der Waals surface area (Å²) in [5, 5.41) is 0. The van der Waals surface area contributed by atoms with E-state index >= 15 is 0 Å². The van der Waals surface area contributed by atoms with Crippen molar-refractivity contribution in [1.29, 1.82) is 0 Å². The van der Waals surface area contributed by atoms with Crippen LogP contribution in [0.1, 0.15) is 15.9 Å². The predicted molar refractivity (Wildman–Crippen MR) is 69.3 cm³/mol.